The van der Waals surface area contributed by atoms with Gasteiger partial charge >= 0.3 is 0 Å². The molecule has 4 nitrogen and oxygen atoms in total. The van der Waals surface area contributed by atoms with E-state index in [4.69, 9.17) is 5.26 Å². The van der Waals surface area contributed by atoms with Crippen molar-refractivity contribution in [1.29, 1.82) is 5.26 Å². The Morgan fingerprint density at radius 3 is 2.57 bits per heavy atom. The second kappa shape index (κ2) is 10.0. The van der Waals surface area contributed by atoms with Crippen molar-refractivity contribution >= 4 is 40.7 Å². The van der Waals surface area contributed by atoms with Crippen molar-refractivity contribution in [3.8, 4) is 6.07 Å². The first-order valence-electron chi connectivity index (χ1n) is 8.75. The molecule has 0 aliphatic carbocycles. The largest absolute Gasteiger partial charge is 0.352 e. The van der Waals surface area contributed by atoms with E-state index in [2.05, 4.69) is 46.0 Å². The first-order chi connectivity index (χ1) is 13.1. The van der Waals surface area contributed by atoms with E-state index in [0.717, 1.165) is 5.56 Å². The van der Waals surface area contributed by atoms with Crippen LogP contribution < -0.4 is 10.6 Å². The third-order valence-corrected chi connectivity index (χ3v) is 4.47. The van der Waals surface area contributed by atoms with E-state index in [0.29, 0.717) is 17.1 Å². The van der Waals surface area contributed by atoms with Crippen molar-refractivity contribution in [3.63, 3.8) is 0 Å². The molecule has 0 heterocycles. The lowest BCUT2D eigenvalue weighted by Crippen LogP contribution is -2.38. The molecule has 0 aliphatic rings. The maximum atomic E-state index is 13.9. The van der Waals surface area contributed by atoms with Crippen LogP contribution in [0.1, 0.15) is 29.7 Å². The van der Waals surface area contributed by atoms with Crippen LogP contribution in [-0.2, 0) is 6.54 Å². The van der Waals surface area contributed by atoms with E-state index in [1.54, 1.807) is 13.1 Å². The van der Waals surface area contributed by atoms with Crippen LogP contribution in [0.3, 0.4) is 0 Å². The highest BCUT2D eigenvalue weighted by molar-refractivity contribution is 14.0. The number of aliphatic imine (C=N–C) groups is 1. The molecule has 0 amide bonds. The minimum Gasteiger partial charge on any atom is -0.352 e. The number of nitriles is 1. The summed E-state index contributed by atoms with van der Waals surface area (Å²) in [4.78, 5) is 4.21. The van der Waals surface area contributed by atoms with E-state index in [1.165, 1.54) is 22.9 Å². The van der Waals surface area contributed by atoms with Gasteiger partial charge in [0.15, 0.2) is 5.96 Å². The first-order valence-corrected chi connectivity index (χ1v) is 8.75. The summed E-state index contributed by atoms with van der Waals surface area (Å²) in [5.41, 5.74) is 1.99. The summed E-state index contributed by atoms with van der Waals surface area (Å²) in [7, 11) is 1.67. The molecule has 6 heteroatoms. The summed E-state index contributed by atoms with van der Waals surface area (Å²) in [5, 5.41) is 17.8. The zero-order valence-electron chi connectivity index (χ0n) is 15.7. The van der Waals surface area contributed by atoms with Gasteiger partial charge in [0.1, 0.15) is 5.82 Å². The number of guanidine groups is 1. The molecular weight excluding hydrogens is 466 g/mol. The van der Waals surface area contributed by atoms with Gasteiger partial charge < -0.3 is 10.6 Å². The fourth-order valence-corrected chi connectivity index (χ4v) is 2.92. The molecule has 0 aromatic heterocycles. The zero-order valence-corrected chi connectivity index (χ0v) is 18.1. The van der Waals surface area contributed by atoms with Crippen LogP contribution in [0, 0.1) is 17.1 Å². The summed E-state index contributed by atoms with van der Waals surface area (Å²) in [6, 6.07) is 20.9. The van der Waals surface area contributed by atoms with Gasteiger partial charge in [0.05, 0.1) is 17.7 Å². The molecule has 1 unspecified atom stereocenters. The highest BCUT2D eigenvalue weighted by Gasteiger charge is 2.10. The van der Waals surface area contributed by atoms with Crippen molar-refractivity contribution in [2.45, 2.75) is 19.5 Å². The second-order valence-electron chi connectivity index (χ2n) is 6.32. The average Bonchev–Trinajstić information content (AvgIpc) is 2.71. The van der Waals surface area contributed by atoms with Crippen molar-refractivity contribution in [2.24, 2.45) is 4.99 Å². The lowest BCUT2D eigenvalue weighted by molar-refractivity contribution is 0.602. The molecule has 0 fully saturated rings. The Balaban J connectivity index is 0.00000280. The van der Waals surface area contributed by atoms with Crippen molar-refractivity contribution in [1.82, 2.24) is 10.6 Å². The van der Waals surface area contributed by atoms with E-state index >= 15 is 0 Å². The lowest BCUT2D eigenvalue weighted by atomic mass is 10.0. The first kappa shape index (κ1) is 21.6. The Morgan fingerprint density at radius 2 is 1.86 bits per heavy atom. The summed E-state index contributed by atoms with van der Waals surface area (Å²) < 4.78 is 13.9. The van der Waals surface area contributed by atoms with Crippen LogP contribution in [0.2, 0.25) is 0 Å². The molecule has 0 saturated heterocycles. The molecule has 0 saturated carbocycles. The van der Waals surface area contributed by atoms with Gasteiger partial charge in [-0.3, -0.25) is 4.99 Å². The van der Waals surface area contributed by atoms with Gasteiger partial charge in [-0.25, -0.2) is 4.39 Å². The monoisotopic (exact) mass is 488 g/mol. The van der Waals surface area contributed by atoms with Crippen molar-refractivity contribution in [3.05, 3.63) is 83.2 Å². The van der Waals surface area contributed by atoms with Gasteiger partial charge in [0, 0.05) is 19.2 Å². The fraction of sp³-hybridized carbons (Fsp3) is 0.182. The minimum absolute atomic E-state index is 0. The Morgan fingerprint density at radius 1 is 1.11 bits per heavy atom. The minimum atomic E-state index is -0.348. The van der Waals surface area contributed by atoms with E-state index < -0.39 is 0 Å². The van der Waals surface area contributed by atoms with Crippen LogP contribution >= 0.6 is 24.0 Å². The van der Waals surface area contributed by atoms with Crippen molar-refractivity contribution in [2.75, 3.05) is 7.05 Å². The van der Waals surface area contributed by atoms with Gasteiger partial charge in [-0.05, 0) is 47.5 Å². The molecule has 1 atom stereocenters. The zero-order chi connectivity index (χ0) is 19.2. The number of benzene rings is 3. The van der Waals surface area contributed by atoms with E-state index in [9.17, 15) is 4.39 Å². The molecule has 2 N–H and O–H groups in total. The van der Waals surface area contributed by atoms with Gasteiger partial charge in [0.2, 0.25) is 0 Å². The number of nitrogens with one attached hydrogen (secondary N) is 2. The summed E-state index contributed by atoms with van der Waals surface area (Å²) in [6.07, 6.45) is 0. The highest BCUT2D eigenvalue weighted by Crippen LogP contribution is 2.20. The Hall–Kier alpha value is -2.66. The number of hydrogen-bond acceptors (Lipinski definition) is 2. The molecule has 0 aliphatic heterocycles. The number of hydrogen-bond donors (Lipinski definition) is 2. The molecule has 0 bridgehead atoms. The Bertz CT molecular complexity index is 1030. The molecule has 3 aromatic rings. The standard InChI is InChI=1S/C22H21FN4.HI/c1-15(18-9-8-17-5-3-4-6-19(17)12-18)27-22(25-2)26-14-20-11-16(13-24)7-10-21(20)23;/h3-12,15H,14H2,1-2H3,(H2,25,26,27);1H. The predicted octanol–water partition coefficient (Wildman–Crippen LogP) is 4.89. The average molecular weight is 488 g/mol. The van der Waals surface area contributed by atoms with Gasteiger partial charge in [-0.2, -0.15) is 5.26 Å². The highest BCUT2D eigenvalue weighted by atomic mass is 127. The summed E-state index contributed by atoms with van der Waals surface area (Å²) in [6.45, 7) is 2.29. The lowest BCUT2D eigenvalue weighted by Gasteiger charge is -2.19. The van der Waals surface area contributed by atoms with Crippen LogP contribution in [0.25, 0.3) is 10.8 Å². The maximum Gasteiger partial charge on any atom is 0.191 e. The molecule has 3 rings (SSSR count). The maximum absolute atomic E-state index is 13.9. The third-order valence-electron chi connectivity index (χ3n) is 4.47. The van der Waals surface area contributed by atoms with Crippen LogP contribution in [0.4, 0.5) is 4.39 Å². The Kier molecular flexibility index (Phi) is 7.76. The van der Waals surface area contributed by atoms with E-state index in [-0.39, 0.29) is 42.4 Å². The van der Waals surface area contributed by atoms with Crippen LogP contribution in [-0.4, -0.2) is 13.0 Å². The number of fused-ring (bicyclic) bond motifs is 1. The second-order valence-corrected chi connectivity index (χ2v) is 6.32. The van der Waals surface area contributed by atoms with Gasteiger partial charge in [0.25, 0.3) is 0 Å². The van der Waals surface area contributed by atoms with Gasteiger partial charge in [-0.15, -0.1) is 24.0 Å². The quantitative estimate of drug-likeness (QED) is 0.312. The molecule has 28 heavy (non-hydrogen) atoms. The fourth-order valence-electron chi connectivity index (χ4n) is 2.92. The summed E-state index contributed by atoms with van der Waals surface area (Å²) >= 11 is 0. The predicted molar refractivity (Wildman–Crippen MR) is 122 cm³/mol. The molecular formula is C22H22FIN4. The molecule has 0 radical (unpaired) electrons. The van der Waals surface area contributed by atoms with Crippen molar-refractivity contribution < 1.29 is 4.39 Å². The van der Waals surface area contributed by atoms with Crippen LogP contribution in [0.5, 0.6) is 0 Å². The van der Waals surface area contributed by atoms with Gasteiger partial charge in [-0.1, -0.05) is 36.4 Å². The number of rotatable bonds is 4. The molecule has 0 spiro atoms. The summed E-state index contributed by atoms with van der Waals surface area (Å²) in [5.74, 6) is 0.219. The topological polar surface area (TPSA) is 60.2 Å². The SMILES string of the molecule is CN=C(NCc1cc(C#N)ccc1F)NC(C)c1ccc2ccccc2c1.I. The number of nitrogens with zero attached hydrogens (tertiary/aromatic N) is 2. The normalized spacial score (nSPS) is 12.0. The number of halogens is 2. The third kappa shape index (κ3) is 5.20. The molecule has 3 aromatic carbocycles. The van der Waals surface area contributed by atoms with E-state index in [1.807, 2.05) is 25.1 Å². The Labute approximate surface area is 181 Å². The smallest absolute Gasteiger partial charge is 0.191 e. The van der Waals surface area contributed by atoms with Crippen LogP contribution in [0.15, 0.2) is 65.7 Å². The molecule has 144 valence electrons.